The van der Waals surface area contributed by atoms with Gasteiger partial charge in [0.2, 0.25) is 0 Å². The van der Waals surface area contributed by atoms with Gasteiger partial charge in [0.15, 0.2) is 0 Å². The molecule has 1 N–H and O–H groups in total. The van der Waals surface area contributed by atoms with Crippen molar-refractivity contribution >= 4 is 0 Å². The molecular weight excluding hydrogens is 236 g/mol. The third-order valence-electron chi connectivity index (χ3n) is 4.69. The molecule has 3 unspecified atom stereocenters. The Morgan fingerprint density at radius 2 is 2.26 bits per heavy atom. The lowest BCUT2D eigenvalue weighted by atomic mass is 9.95. The molecule has 2 fully saturated rings. The summed E-state index contributed by atoms with van der Waals surface area (Å²) in [4.78, 5) is 0. The first-order chi connectivity index (χ1) is 9.30. The summed E-state index contributed by atoms with van der Waals surface area (Å²) in [5.74, 6) is 2.54. The van der Waals surface area contributed by atoms with Gasteiger partial charge in [-0.05, 0) is 48.8 Å². The van der Waals surface area contributed by atoms with Crippen LogP contribution in [0.2, 0.25) is 0 Å². The zero-order chi connectivity index (χ0) is 13.2. The number of hydrogen-bond acceptors (Lipinski definition) is 3. The number of benzene rings is 1. The molecule has 2 bridgehead atoms. The minimum atomic E-state index is 0.603. The van der Waals surface area contributed by atoms with Crippen molar-refractivity contribution in [2.75, 3.05) is 7.11 Å². The number of ether oxygens (including phenoxy) is 1. The van der Waals surface area contributed by atoms with Crippen LogP contribution >= 0.6 is 0 Å². The van der Waals surface area contributed by atoms with Gasteiger partial charge in [-0.2, -0.15) is 5.26 Å². The molecule has 0 aromatic heterocycles. The average molecular weight is 256 g/mol. The molecule has 1 aromatic rings. The molecule has 3 rings (SSSR count). The number of nitrogens with zero attached hydrogens (tertiary/aromatic N) is 1. The van der Waals surface area contributed by atoms with E-state index in [-0.39, 0.29) is 0 Å². The topological polar surface area (TPSA) is 45.0 Å². The van der Waals surface area contributed by atoms with Crippen molar-refractivity contribution in [3.63, 3.8) is 0 Å². The van der Waals surface area contributed by atoms with E-state index < -0.39 is 0 Å². The van der Waals surface area contributed by atoms with Crippen LogP contribution in [0.3, 0.4) is 0 Å². The first-order valence-corrected chi connectivity index (χ1v) is 7.10. The second-order valence-corrected chi connectivity index (χ2v) is 5.81. The molecule has 3 nitrogen and oxygen atoms in total. The van der Waals surface area contributed by atoms with Crippen LogP contribution in [0.5, 0.6) is 5.75 Å². The zero-order valence-electron chi connectivity index (χ0n) is 11.4. The Hall–Kier alpha value is -1.53. The minimum absolute atomic E-state index is 0.603. The van der Waals surface area contributed by atoms with E-state index in [9.17, 15) is 0 Å². The van der Waals surface area contributed by atoms with E-state index in [2.05, 4.69) is 11.4 Å². The average Bonchev–Trinajstić information content (AvgIpc) is 3.07. The summed E-state index contributed by atoms with van der Waals surface area (Å²) < 4.78 is 5.25. The van der Waals surface area contributed by atoms with Crippen molar-refractivity contribution in [3.05, 3.63) is 29.3 Å². The van der Waals surface area contributed by atoms with E-state index in [0.29, 0.717) is 17.4 Å². The quantitative estimate of drug-likeness (QED) is 0.901. The number of rotatable bonds is 4. The molecule has 2 aliphatic carbocycles. The van der Waals surface area contributed by atoms with Crippen LogP contribution in [-0.4, -0.2) is 13.2 Å². The van der Waals surface area contributed by atoms with Crippen molar-refractivity contribution in [1.29, 1.82) is 5.26 Å². The predicted molar refractivity (Wildman–Crippen MR) is 73.8 cm³/mol. The van der Waals surface area contributed by atoms with E-state index in [1.165, 1.54) is 31.2 Å². The fraction of sp³-hybridized carbons (Fsp3) is 0.562. The summed E-state index contributed by atoms with van der Waals surface area (Å²) in [6.07, 6.45) is 5.61. The van der Waals surface area contributed by atoms with Gasteiger partial charge in [0.25, 0.3) is 0 Å². The Morgan fingerprint density at radius 3 is 2.89 bits per heavy atom. The van der Waals surface area contributed by atoms with E-state index >= 15 is 0 Å². The van der Waals surface area contributed by atoms with Gasteiger partial charge in [-0.15, -0.1) is 0 Å². The number of hydrogen-bond donors (Lipinski definition) is 1. The number of fused-ring (bicyclic) bond motifs is 2. The molecular formula is C16H20N2O. The standard InChI is InChI=1S/C16H20N2O/c1-19-16-8-12(3-5-14(16)9-17)10-18-15-7-11-2-4-13(15)6-11/h3,5,8,11,13,15,18H,2,4,6-7,10H2,1H3. The summed E-state index contributed by atoms with van der Waals surface area (Å²) in [7, 11) is 1.61. The molecule has 2 saturated carbocycles. The highest BCUT2D eigenvalue weighted by Crippen LogP contribution is 2.44. The van der Waals surface area contributed by atoms with Gasteiger partial charge in [0, 0.05) is 12.6 Å². The second-order valence-electron chi connectivity index (χ2n) is 5.81. The van der Waals surface area contributed by atoms with E-state index in [1.807, 2.05) is 18.2 Å². The minimum Gasteiger partial charge on any atom is -0.495 e. The van der Waals surface area contributed by atoms with Crippen molar-refractivity contribution in [1.82, 2.24) is 5.32 Å². The third kappa shape index (κ3) is 2.46. The lowest BCUT2D eigenvalue weighted by molar-refractivity contribution is 0.350. The van der Waals surface area contributed by atoms with Crippen LogP contribution in [0.15, 0.2) is 18.2 Å². The van der Waals surface area contributed by atoms with Gasteiger partial charge in [-0.3, -0.25) is 0 Å². The highest BCUT2D eigenvalue weighted by atomic mass is 16.5. The molecule has 1 aromatic carbocycles. The Kier molecular flexibility index (Phi) is 3.44. The molecule has 3 atom stereocenters. The smallest absolute Gasteiger partial charge is 0.136 e. The highest BCUT2D eigenvalue weighted by molar-refractivity contribution is 5.45. The molecule has 0 saturated heterocycles. The molecule has 3 heteroatoms. The summed E-state index contributed by atoms with van der Waals surface area (Å²) in [5, 5.41) is 12.6. The molecule has 0 radical (unpaired) electrons. The molecule has 0 aliphatic heterocycles. The Bertz CT molecular complexity index is 506. The normalized spacial score (nSPS) is 28.3. The van der Waals surface area contributed by atoms with Crippen molar-refractivity contribution in [2.45, 2.75) is 38.3 Å². The molecule has 100 valence electrons. The maximum absolute atomic E-state index is 8.97. The second kappa shape index (κ2) is 5.22. The van der Waals surface area contributed by atoms with Crippen molar-refractivity contribution < 1.29 is 4.74 Å². The van der Waals surface area contributed by atoms with E-state index in [0.717, 1.165) is 18.4 Å². The summed E-state index contributed by atoms with van der Waals surface area (Å²) in [6.45, 7) is 0.871. The first kappa shape index (κ1) is 12.5. The first-order valence-electron chi connectivity index (χ1n) is 7.10. The summed E-state index contributed by atoms with van der Waals surface area (Å²) in [5.41, 5.74) is 1.80. The molecule has 19 heavy (non-hydrogen) atoms. The van der Waals surface area contributed by atoms with Crippen molar-refractivity contribution in [2.24, 2.45) is 11.8 Å². The van der Waals surface area contributed by atoms with E-state index in [4.69, 9.17) is 10.00 Å². The predicted octanol–water partition coefficient (Wildman–Crippen LogP) is 2.85. The third-order valence-corrected chi connectivity index (χ3v) is 4.69. The van der Waals surface area contributed by atoms with Crippen LogP contribution < -0.4 is 10.1 Å². The van der Waals surface area contributed by atoms with Crippen LogP contribution in [0.4, 0.5) is 0 Å². The summed E-state index contributed by atoms with van der Waals surface area (Å²) >= 11 is 0. The van der Waals surface area contributed by atoms with Gasteiger partial charge >= 0.3 is 0 Å². The number of nitrogens with one attached hydrogen (secondary N) is 1. The van der Waals surface area contributed by atoms with Crippen LogP contribution in [-0.2, 0) is 6.54 Å². The maximum atomic E-state index is 8.97. The summed E-state index contributed by atoms with van der Waals surface area (Å²) in [6, 6.07) is 8.67. The SMILES string of the molecule is COc1cc(CNC2CC3CCC2C3)ccc1C#N. The van der Waals surface area contributed by atoms with Gasteiger partial charge < -0.3 is 10.1 Å². The lowest BCUT2D eigenvalue weighted by Crippen LogP contribution is -2.33. The Morgan fingerprint density at radius 1 is 1.37 bits per heavy atom. The van der Waals surface area contributed by atoms with Gasteiger partial charge in [0.05, 0.1) is 12.7 Å². The zero-order valence-corrected chi connectivity index (χ0v) is 11.4. The van der Waals surface area contributed by atoms with Gasteiger partial charge in [0.1, 0.15) is 11.8 Å². The van der Waals surface area contributed by atoms with Crippen LogP contribution in [0.25, 0.3) is 0 Å². The fourth-order valence-corrected chi connectivity index (χ4v) is 3.68. The monoisotopic (exact) mass is 256 g/mol. The van der Waals surface area contributed by atoms with Gasteiger partial charge in [-0.25, -0.2) is 0 Å². The molecule has 0 spiro atoms. The van der Waals surface area contributed by atoms with Crippen LogP contribution in [0, 0.1) is 23.2 Å². The highest BCUT2D eigenvalue weighted by Gasteiger charge is 2.38. The Balaban J connectivity index is 1.62. The molecule has 0 heterocycles. The van der Waals surface area contributed by atoms with E-state index in [1.54, 1.807) is 7.11 Å². The number of methoxy groups -OCH3 is 1. The number of nitriles is 1. The van der Waals surface area contributed by atoms with Crippen LogP contribution in [0.1, 0.15) is 36.8 Å². The van der Waals surface area contributed by atoms with Gasteiger partial charge in [-0.1, -0.05) is 12.5 Å². The lowest BCUT2D eigenvalue weighted by Gasteiger charge is -2.23. The molecule has 0 amide bonds. The fourth-order valence-electron chi connectivity index (χ4n) is 3.68. The Labute approximate surface area is 114 Å². The van der Waals surface area contributed by atoms with Crippen molar-refractivity contribution in [3.8, 4) is 11.8 Å². The largest absolute Gasteiger partial charge is 0.495 e. The molecule has 2 aliphatic rings. The maximum Gasteiger partial charge on any atom is 0.136 e.